The summed E-state index contributed by atoms with van der Waals surface area (Å²) in [5.74, 6) is 15.5. The van der Waals surface area contributed by atoms with Crippen LogP contribution in [0, 0.1) is 160 Å². The fraction of sp³-hybridized carbons (Fsp3) is 1.00. The van der Waals surface area contributed by atoms with Gasteiger partial charge in [-0.25, -0.2) is 0 Å². The van der Waals surface area contributed by atoms with E-state index >= 15 is 0 Å². The maximum atomic E-state index is 8.31. The minimum atomic E-state index is -0.113. The fourth-order valence-corrected chi connectivity index (χ4v) is 23.0. The summed E-state index contributed by atoms with van der Waals surface area (Å²) < 4.78 is 72.1. The van der Waals surface area contributed by atoms with Crippen molar-refractivity contribution in [2.24, 2.45) is 160 Å². The molecule has 24 rings (SSSR count). The Hall–Kier alpha value is 0. The lowest BCUT2D eigenvalue weighted by Crippen LogP contribution is -2.48. The van der Waals surface area contributed by atoms with E-state index in [-0.39, 0.29) is 53.0 Å². The van der Waals surface area contributed by atoms with Crippen LogP contribution in [0.25, 0.3) is 0 Å². The topological polar surface area (TPSA) is 0 Å². The Labute approximate surface area is 571 Å². The van der Waals surface area contributed by atoms with Crippen LogP contribution in [0.2, 0.25) is 0 Å². The van der Waals surface area contributed by atoms with Gasteiger partial charge in [-0.3, -0.25) is 0 Å². The molecular formula is C89H160. The van der Waals surface area contributed by atoms with Crippen LogP contribution >= 0.6 is 0 Å². The zero-order valence-electron chi connectivity index (χ0n) is 70.4. The molecular weight excluding hydrogens is 1070 g/mol. The minimum Gasteiger partial charge on any atom is -0.0625 e. The molecule has 6 unspecified atom stereocenters. The molecule has 0 spiro atoms. The highest BCUT2D eigenvalue weighted by atomic mass is 14.5. The Morgan fingerprint density at radius 3 is 0.775 bits per heavy atom. The first-order valence-electron chi connectivity index (χ1n) is 46.0. The number of hydrogen-bond donors (Lipinski definition) is 0. The second-order valence-electron chi connectivity index (χ2n) is 37.4. The third-order valence-corrected chi connectivity index (χ3v) is 29.5. The van der Waals surface area contributed by atoms with Crippen LogP contribution < -0.4 is 0 Å². The van der Waals surface area contributed by atoms with Gasteiger partial charge in [0.1, 0.15) is 0 Å². The summed E-state index contributed by atoms with van der Waals surface area (Å²) in [5.41, 5.74) is 0. The molecule has 0 aliphatic heterocycles. The van der Waals surface area contributed by atoms with Crippen molar-refractivity contribution in [1.29, 1.82) is 0 Å². The van der Waals surface area contributed by atoms with Crippen molar-refractivity contribution in [3.05, 3.63) is 0 Å². The summed E-state index contributed by atoms with van der Waals surface area (Å²) in [5, 5.41) is 0. The lowest BCUT2D eigenvalue weighted by atomic mass is 9.49. The third-order valence-electron chi connectivity index (χ3n) is 29.5. The number of rotatable bonds is 0. The van der Waals surface area contributed by atoms with Crippen LogP contribution in [0.3, 0.4) is 0 Å². The molecule has 24 saturated carbocycles. The molecule has 516 valence electrons. The van der Waals surface area contributed by atoms with Crippen molar-refractivity contribution in [2.45, 2.75) is 403 Å². The highest BCUT2D eigenvalue weighted by Gasteiger charge is 2.49. The Morgan fingerprint density at radius 2 is 0.382 bits per heavy atom. The van der Waals surface area contributed by atoms with Gasteiger partial charge in [-0.1, -0.05) is 293 Å². The van der Waals surface area contributed by atoms with Gasteiger partial charge in [0.05, 0.1) is 0 Å². The van der Waals surface area contributed by atoms with E-state index in [2.05, 4.69) is 62.3 Å². The van der Waals surface area contributed by atoms with Crippen LogP contribution in [-0.2, 0) is 0 Å². The zero-order chi connectivity index (χ0) is 70.4. The lowest BCUT2D eigenvalue weighted by Gasteiger charge is -2.56. The summed E-state index contributed by atoms with van der Waals surface area (Å²) in [7, 11) is 0. The second-order valence-corrected chi connectivity index (χ2v) is 37.4. The van der Waals surface area contributed by atoms with Crippen molar-refractivity contribution < 1.29 is 12.3 Å². The van der Waals surface area contributed by atoms with Crippen LogP contribution in [0.5, 0.6) is 0 Å². The third kappa shape index (κ3) is 23.9. The molecule has 24 fully saturated rings. The smallest absolute Gasteiger partial charge is 0.0306 e. The van der Waals surface area contributed by atoms with Gasteiger partial charge in [-0.05, 0) is 269 Å². The molecule has 0 aromatic carbocycles. The number of fused-ring (bicyclic) bond motifs is 29. The molecule has 24 aliphatic carbocycles. The van der Waals surface area contributed by atoms with Gasteiger partial charge in [0.15, 0.2) is 0 Å². The summed E-state index contributed by atoms with van der Waals surface area (Å²) in [4.78, 5) is 0. The molecule has 0 N–H and O–H groups in total. The Kier molecular flexibility index (Phi) is 25.1. The van der Waals surface area contributed by atoms with Crippen molar-refractivity contribution in [3.63, 3.8) is 0 Å². The van der Waals surface area contributed by atoms with Crippen molar-refractivity contribution >= 4 is 0 Å². The standard InChI is InChI=1S/C13H24.2C12H22.C11H20.C10H18.2C9H16.C7H12.C6H10/c1-11-8-9-12-4-2-6-13(10-11)7-3-5-12;1-10-8-11-4-2-5-12(9-10)7-3-6-11;1-10-5-6-11-3-2-4-12(9-10)8-7-11;1-9-2-3-10-4-6-11(8-9)7-5-10;1-8-2-3-9-4-5-10(6-8)7-9;1-7-2-3-8-5-9(4-7)6-8;1-7-5-8-3-2-4-9(7)6-8;1-5-2-6-3-7(5)4-6;1-4-5-2-6(4)3-5/h11-13H,2-10H2,1H3;2*10-12H,2-9H2,1H3;9-11H,2-8H2,1H3;8-10H,2-7H2,1H3;2*7-9H,2-6H2,1H3;5-7H,2-4H2,1H3;4-6H,2-3H2,1H3/t11-,12?,13?;;10-,11?,12?;9-,10?,11?;8-,9?,10?;2*7-,8?,9?;5-,6?,7?;/m1.111111./s1/i11D;2*10D;9D;8D;2*7D;5D;4D. The van der Waals surface area contributed by atoms with E-state index in [1.54, 1.807) is 0 Å². The quantitative estimate of drug-likeness (QED) is 0.227. The molecule has 0 aromatic heterocycles. The van der Waals surface area contributed by atoms with E-state index < -0.39 is 0 Å². The van der Waals surface area contributed by atoms with Crippen molar-refractivity contribution in [3.8, 4) is 0 Å². The summed E-state index contributed by atoms with van der Waals surface area (Å²) in [6.45, 7) is 19.1. The predicted octanol–water partition coefficient (Wildman–Crippen LogP) is 28.6. The molecule has 0 nitrogen and oxygen atoms in total. The van der Waals surface area contributed by atoms with Crippen LogP contribution in [0.1, 0.15) is 415 Å². The summed E-state index contributed by atoms with van der Waals surface area (Å²) in [6.07, 6.45) is 71.0. The average Bonchev–Trinajstić information content (AvgIpc) is 1.03. The average molecular weight is 1240 g/mol. The molecule has 0 amide bonds. The lowest BCUT2D eigenvalue weighted by molar-refractivity contribution is -0.0673. The van der Waals surface area contributed by atoms with E-state index in [4.69, 9.17) is 12.3 Å². The van der Waals surface area contributed by atoms with Crippen LogP contribution in [-0.4, -0.2) is 0 Å². The van der Waals surface area contributed by atoms with Gasteiger partial charge >= 0.3 is 0 Å². The van der Waals surface area contributed by atoms with Gasteiger partial charge < -0.3 is 0 Å². The zero-order valence-corrected chi connectivity index (χ0v) is 61.4. The second kappa shape index (κ2) is 37.1. The SMILES string of the molecule is [2H]C1(C)C2CC1C2.[2H]C1(C)CC2CCCC(CCC2)C1.[2H][C@@]1(C)CC2CC1C2.[2H][C@@]1(C)CC2CCCC1C2.[2H][C@@]1(C)CCC2CC(C2)C1.[2H][C@@]1(C)CCC2CCC(C2)C1.[2H][C@@]1(C)CCC2CCC(CC2)C1.[2H][C@@]1(C)CCC2CCCC(CC2)C1.[2H][C@@]1(C)CCC2CCCC(CCC2)C1. The van der Waals surface area contributed by atoms with E-state index in [9.17, 15) is 0 Å². The molecule has 0 aromatic rings. The summed E-state index contributed by atoms with van der Waals surface area (Å²) >= 11 is 0. The van der Waals surface area contributed by atoms with Crippen LogP contribution in [0.15, 0.2) is 0 Å². The highest BCUT2D eigenvalue weighted by Crippen LogP contribution is 2.58. The molecule has 0 heteroatoms. The minimum absolute atomic E-state index is 0.0231. The van der Waals surface area contributed by atoms with Gasteiger partial charge in [-0.2, -0.15) is 0 Å². The van der Waals surface area contributed by atoms with E-state index in [1.807, 2.05) is 0 Å². The van der Waals surface area contributed by atoms with Gasteiger partial charge in [0.25, 0.3) is 0 Å². The maximum Gasteiger partial charge on any atom is 0.0306 e. The Morgan fingerprint density at radius 1 is 0.157 bits per heavy atom. The molecule has 13 atom stereocenters. The summed E-state index contributed by atoms with van der Waals surface area (Å²) in [6, 6.07) is 0. The first-order valence-corrected chi connectivity index (χ1v) is 41.5. The highest BCUT2D eigenvalue weighted by molar-refractivity contribution is 4.99. The van der Waals surface area contributed by atoms with Gasteiger partial charge in [0, 0.05) is 12.3 Å². The largest absolute Gasteiger partial charge is 0.0625 e. The first-order chi connectivity index (χ1) is 46.0. The van der Waals surface area contributed by atoms with E-state index in [0.29, 0.717) is 0 Å². The number of hydrogen-bond acceptors (Lipinski definition) is 0. The normalized spacial score (nSPS) is 56.3. The molecule has 0 saturated heterocycles. The molecule has 0 heterocycles. The first kappa shape index (κ1) is 60.2. The van der Waals surface area contributed by atoms with Gasteiger partial charge in [-0.15, -0.1) is 0 Å². The fourth-order valence-electron chi connectivity index (χ4n) is 23.0. The monoisotopic (exact) mass is 1240 g/mol. The van der Waals surface area contributed by atoms with E-state index in [0.717, 1.165) is 139 Å². The molecule has 24 aliphatic rings. The Bertz CT molecular complexity index is 2290. The van der Waals surface area contributed by atoms with Crippen molar-refractivity contribution in [2.75, 3.05) is 0 Å². The van der Waals surface area contributed by atoms with Gasteiger partial charge in [0.2, 0.25) is 0 Å². The molecule has 0 radical (unpaired) electrons. The maximum absolute atomic E-state index is 8.31. The molecule has 18 bridgehead atoms. The molecule has 89 heavy (non-hydrogen) atoms. The van der Waals surface area contributed by atoms with Crippen LogP contribution in [0.4, 0.5) is 0 Å². The van der Waals surface area contributed by atoms with E-state index in [1.165, 1.54) is 308 Å². The predicted molar refractivity (Wildman–Crippen MR) is 390 cm³/mol. The Balaban J connectivity index is 0.000000120. The van der Waals surface area contributed by atoms with Crippen molar-refractivity contribution in [1.82, 2.24) is 0 Å².